The van der Waals surface area contributed by atoms with E-state index in [4.69, 9.17) is 32.7 Å². The number of hydrogen-bond donors (Lipinski definition) is 4. The molecule has 2 bridgehead atoms. The minimum absolute atomic E-state index is 0.0326. The van der Waals surface area contributed by atoms with Gasteiger partial charge in [-0.3, -0.25) is 9.59 Å². The zero-order valence-electron chi connectivity index (χ0n) is 19.3. The summed E-state index contributed by atoms with van der Waals surface area (Å²) in [6, 6.07) is 9.11. The lowest BCUT2D eigenvalue weighted by atomic mass is 9.60. The number of fused-ring (bicyclic) bond motifs is 4. The molecule has 3 saturated carbocycles. The molecule has 11 heteroatoms. The van der Waals surface area contributed by atoms with Crippen molar-refractivity contribution in [1.29, 1.82) is 0 Å². The first-order valence-corrected chi connectivity index (χ1v) is 12.5. The molecule has 0 spiro atoms. The molecule has 2 aromatic rings. The van der Waals surface area contributed by atoms with Gasteiger partial charge in [0.15, 0.2) is 12.7 Å². The highest BCUT2D eigenvalue weighted by Gasteiger charge is 2.55. The molecule has 3 fully saturated rings. The highest BCUT2D eigenvalue weighted by atomic mass is 35.5. The van der Waals surface area contributed by atoms with Gasteiger partial charge in [0.25, 0.3) is 11.8 Å². The van der Waals surface area contributed by atoms with Crippen LogP contribution in [0.5, 0.6) is 11.5 Å². The van der Waals surface area contributed by atoms with Crippen molar-refractivity contribution in [2.75, 3.05) is 18.5 Å². The number of aliphatic hydroxyl groups is 1. The van der Waals surface area contributed by atoms with Crippen molar-refractivity contribution in [1.82, 2.24) is 10.6 Å². The van der Waals surface area contributed by atoms with Gasteiger partial charge >= 0.3 is 0 Å². The average molecular weight is 538 g/mol. The molecule has 36 heavy (non-hydrogen) atoms. The molecule has 1 heterocycles. The van der Waals surface area contributed by atoms with Crippen LogP contribution in [0.25, 0.3) is 0 Å². The normalized spacial score (nSPS) is 28.3. The van der Waals surface area contributed by atoms with Gasteiger partial charge in [-0.05, 0) is 62.4 Å². The third kappa shape index (κ3) is 4.92. The Morgan fingerprint density at radius 1 is 1.14 bits per heavy atom. The molecule has 6 rings (SSSR count). The van der Waals surface area contributed by atoms with Crippen LogP contribution in [0.3, 0.4) is 0 Å². The van der Waals surface area contributed by atoms with E-state index in [2.05, 4.69) is 16.0 Å². The molecule has 2 aromatic carbocycles. The van der Waals surface area contributed by atoms with Crippen LogP contribution in [0.1, 0.15) is 32.1 Å². The number of carbonyl (C=O) groups excluding carboxylic acids is 2. The van der Waals surface area contributed by atoms with E-state index >= 15 is 0 Å². The number of nitrogens with one attached hydrogen (secondary N) is 3. The monoisotopic (exact) mass is 537 g/mol. The molecule has 0 saturated heterocycles. The Kier molecular flexibility index (Phi) is 6.65. The second kappa shape index (κ2) is 9.61. The fraction of sp³-hybridized carbons (Fsp3) is 0.440. The topological polar surface area (TPSA) is 109 Å². The predicted octanol–water partition coefficient (Wildman–Crippen LogP) is 3.43. The van der Waals surface area contributed by atoms with Crippen LogP contribution >= 0.6 is 23.2 Å². The van der Waals surface area contributed by atoms with Gasteiger partial charge in [0.1, 0.15) is 17.3 Å². The van der Waals surface area contributed by atoms with Crippen molar-refractivity contribution in [2.24, 2.45) is 0 Å². The van der Waals surface area contributed by atoms with Gasteiger partial charge in [-0.2, -0.15) is 0 Å². The Morgan fingerprint density at radius 2 is 1.92 bits per heavy atom. The van der Waals surface area contributed by atoms with Crippen LogP contribution in [0.2, 0.25) is 10.0 Å². The summed E-state index contributed by atoms with van der Waals surface area (Å²) in [5, 5.41) is 20.7. The van der Waals surface area contributed by atoms with Crippen molar-refractivity contribution in [3.05, 3.63) is 52.3 Å². The number of hydrogen-bond acceptors (Lipinski definition) is 6. The van der Waals surface area contributed by atoms with E-state index in [0.717, 1.165) is 11.8 Å². The molecule has 2 amide bonds. The average Bonchev–Trinajstić information content (AvgIpc) is 2.85. The lowest BCUT2D eigenvalue weighted by molar-refractivity contribution is -0.139. The van der Waals surface area contributed by atoms with Gasteiger partial charge in [-0.15, -0.1) is 0 Å². The van der Waals surface area contributed by atoms with E-state index < -0.39 is 35.0 Å². The molecule has 1 unspecified atom stereocenters. The van der Waals surface area contributed by atoms with Crippen LogP contribution < -0.4 is 25.4 Å². The zero-order chi connectivity index (χ0) is 25.5. The number of carbonyl (C=O) groups is 2. The third-order valence-electron chi connectivity index (χ3n) is 7.34. The van der Waals surface area contributed by atoms with Gasteiger partial charge in [-0.25, -0.2) is 4.39 Å². The largest absolute Gasteiger partial charge is 0.484 e. The summed E-state index contributed by atoms with van der Waals surface area (Å²) in [5.41, 5.74) is -0.621. The van der Waals surface area contributed by atoms with Crippen molar-refractivity contribution in [2.45, 2.75) is 55.4 Å². The molecule has 0 aromatic heterocycles. The van der Waals surface area contributed by atoms with E-state index in [1.54, 1.807) is 18.2 Å². The summed E-state index contributed by atoms with van der Waals surface area (Å²) >= 11 is 11.7. The number of ether oxygens (including phenoxy) is 2. The molecule has 192 valence electrons. The SMILES string of the molecule is O=C(COc1ccc(Cl)c(F)c1)NC12CCC(NC(=O)C3CNc4cc(Cl)ccc4O3)(CC1)C[C@@H]2O. The molecule has 8 nitrogen and oxygen atoms in total. The molecule has 3 aliphatic carbocycles. The Labute approximate surface area is 217 Å². The number of anilines is 1. The van der Waals surface area contributed by atoms with Crippen LogP contribution in [0.15, 0.2) is 36.4 Å². The molecular weight excluding hydrogens is 512 g/mol. The second-order valence-corrected chi connectivity index (χ2v) is 10.5. The number of benzene rings is 2. The van der Waals surface area contributed by atoms with E-state index in [1.165, 1.54) is 12.1 Å². The fourth-order valence-electron chi connectivity index (χ4n) is 5.32. The van der Waals surface area contributed by atoms with E-state index in [-0.39, 0.29) is 23.3 Å². The van der Waals surface area contributed by atoms with Gasteiger partial charge in [0.05, 0.1) is 28.9 Å². The standard InChI is InChI=1S/C25H26Cl2FN3O5/c26-14-1-4-19-18(9-14)29-12-20(36-19)23(34)31-24-5-7-25(8-6-24,21(32)11-24)30-22(33)13-35-15-2-3-16(27)17(28)10-15/h1-4,9-10,20-21,29,32H,5-8,11-13H2,(H,30,33)(H,31,34)/t20?,21-,24?,25?/m0/s1. The summed E-state index contributed by atoms with van der Waals surface area (Å²) < 4.78 is 24.8. The van der Waals surface area contributed by atoms with E-state index in [0.29, 0.717) is 49.4 Å². The minimum atomic E-state index is -0.842. The smallest absolute Gasteiger partial charge is 0.263 e. The van der Waals surface area contributed by atoms with Crippen LogP contribution in [0, 0.1) is 5.82 Å². The first-order chi connectivity index (χ1) is 17.2. The Bertz CT molecular complexity index is 1190. The summed E-state index contributed by atoms with van der Waals surface area (Å²) in [6.07, 6.45) is 0.965. The van der Waals surface area contributed by atoms with Crippen molar-refractivity contribution in [3.63, 3.8) is 0 Å². The fourth-order valence-corrected chi connectivity index (χ4v) is 5.61. The third-order valence-corrected chi connectivity index (χ3v) is 7.88. The van der Waals surface area contributed by atoms with Crippen molar-refractivity contribution >= 4 is 40.7 Å². The Balaban J connectivity index is 1.16. The summed E-state index contributed by atoms with van der Waals surface area (Å²) in [5.74, 6) is -0.560. The maximum absolute atomic E-state index is 13.6. The van der Waals surface area contributed by atoms with Gasteiger partial charge < -0.3 is 30.5 Å². The zero-order valence-corrected chi connectivity index (χ0v) is 20.8. The Hall–Kier alpha value is -2.75. The number of amides is 2. The van der Waals surface area contributed by atoms with E-state index in [9.17, 15) is 19.1 Å². The second-order valence-electron chi connectivity index (χ2n) is 9.69. The summed E-state index contributed by atoms with van der Waals surface area (Å²) in [7, 11) is 0. The minimum Gasteiger partial charge on any atom is -0.484 e. The van der Waals surface area contributed by atoms with Gasteiger partial charge in [0, 0.05) is 16.6 Å². The maximum atomic E-state index is 13.6. The molecule has 4 aliphatic rings. The van der Waals surface area contributed by atoms with Crippen LogP contribution in [0.4, 0.5) is 10.1 Å². The first kappa shape index (κ1) is 24.9. The van der Waals surface area contributed by atoms with Crippen LogP contribution in [-0.4, -0.2) is 53.4 Å². The molecule has 4 N–H and O–H groups in total. The molecule has 1 aliphatic heterocycles. The van der Waals surface area contributed by atoms with Crippen molar-refractivity contribution < 1.29 is 28.6 Å². The number of aliphatic hydroxyl groups excluding tert-OH is 1. The quantitative estimate of drug-likeness (QED) is 0.449. The summed E-state index contributed by atoms with van der Waals surface area (Å²) in [6.45, 7) is -0.0224. The number of rotatable bonds is 6. The molecule has 0 radical (unpaired) electrons. The highest BCUT2D eigenvalue weighted by Crippen LogP contribution is 2.47. The lowest BCUT2D eigenvalue weighted by Crippen LogP contribution is -2.71. The van der Waals surface area contributed by atoms with Crippen molar-refractivity contribution in [3.8, 4) is 11.5 Å². The number of halogens is 3. The summed E-state index contributed by atoms with van der Waals surface area (Å²) in [4.78, 5) is 25.6. The Morgan fingerprint density at radius 3 is 2.64 bits per heavy atom. The van der Waals surface area contributed by atoms with Gasteiger partial charge in [-0.1, -0.05) is 23.2 Å². The molecular formula is C25H26Cl2FN3O5. The maximum Gasteiger partial charge on any atom is 0.263 e. The lowest BCUT2D eigenvalue weighted by Gasteiger charge is -2.56. The predicted molar refractivity (Wildman–Crippen MR) is 132 cm³/mol. The van der Waals surface area contributed by atoms with Crippen LogP contribution in [-0.2, 0) is 9.59 Å². The van der Waals surface area contributed by atoms with E-state index in [1.807, 2.05) is 0 Å². The highest BCUT2D eigenvalue weighted by molar-refractivity contribution is 6.31. The first-order valence-electron chi connectivity index (χ1n) is 11.8. The van der Waals surface area contributed by atoms with Gasteiger partial charge in [0.2, 0.25) is 0 Å². The molecule has 2 atom stereocenters.